The van der Waals surface area contributed by atoms with Crippen molar-refractivity contribution >= 4 is 29.5 Å². The van der Waals surface area contributed by atoms with Crippen LogP contribution in [0.5, 0.6) is 5.75 Å². The largest absolute Gasteiger partial charge is 0.491 e. The van der Waals surface area contributed by atoms with Gasteiger partial charge >= 0.3 is 0 Å². The van der Waals surface area contributed by atoms with Crippen LogP contribution in [0.4, 0.5) is 0 Å². The van der Waals surface area contributed by atoms with E-state index in [0.29, 0.717) is 25.0 Å². The number of ether oxygens (including phenoxy) is 1. The first kappa shape index (κ1) is 32.5. The minimum absolute atomic E-state index is 0.196. The van der Waals surface area contributed by atoms with Crippen molar-refractivity contribution < 1.29 is 28.7 Å². The number of carbonyl (C=O) groups is 5. The van der Waals surface area contributed by atoms with Crippen molar-refractivity contribution in [3.63, 3.8) is 0 Å². The highest BCUT2D eigenvalue weighted by molar-refractivity contribution is 5.99. The van der Waals surface area contributed by atoms with Crippen LogP contribution in [0, 0.1) is 5.92 Å². The van der Waals surface area contributed by atoms with Gasteiger partial charge in [0, 0.05) is 19.8 Å². The van der Waals surface area contributed by atoms with Gasteiger partial charge in [0.2, 0.25) is 29.5 Å². The molecule has 0 aromatic heterocycles. The molecule has 1 aliphatic carbocycles. The maximum Gasteiger partial charge on any atom is 0.246 e. The molecule has 11 nitrogen and oxygen atoms in total. The van der Waals surface area contributed by atoms with Gasteiger partial charge in [-0.2, -0.15) is 0 Å². The van der Waals surface area contributed by atoms with Crippen molar-refractivity contribution in [2.24, 2.45) is 5.92 Å². The number of rotatable bonds is 5. The van der Waals surface area contributed by atoms with Crippen LogP contribution in [0.1, 0.15) is 58.1 Å². The van der Waals surface area contributed by atoms with E-state index in [2.05, 4.69) is 40.4 Å². The molecule has 1 fully saturated rings. The Morgan fingerprint density at radius 2 is 1.61 bits per heavy atom. The smallest absolute Gasteiger partial charge is 0.246 e. The zero-order valence-corrected chi connectivity index (χ0v) is 25.8. The Balaban J connectivity index is 1.63. The van der Waals surface area contributed by atoms with Gasteiger partial charge in [0.1, 0.15) is 36.0 Å². The van der Waals surface area contributed by atoms with Crippen LogP contribution in [0.3, 0.4) is 0 Å². The molecule has 11 heteroatoms. The lowest BCUT2D eigenvalue weighted by Gasteiger charge is -2.27. The van der Waals surface area contributed by atoms with Crippen LogP contribution in [0.15, 0.2) is 54.6 Å². The predicted octanol–water partition coefficient (Wildman–Crippen LogP) is 1.54. The highest BCUT2D eigenvalue weighted by Gasteiger charge is 2.52. The molecule has 2 bridgehead atoms. The lowest BCUT2D eigenvalue weighted by molar-refractivity contribution is -0.135. The molecular weight excluding hydrogens is 562 g/mol. The number of amides is 5. The van der Waals surface area contributed by atoms with E-state index in [1.165, 1.54) is 13.8 Å². The minimum atomic E-state index is -1.18. The fourth-order valence-corrected chi connectivity index (χ4v) is 5.26. The topological polar surface area (TPSA) is 155 Å². The summed E-state index contributed by atoms with van der Waals surface area (Å²) in [5.41, 5.74) is 0.477. The Labute approximate surface area is 258 Å². The molecule has 0 unspecified atom stereocenters. The Morgan fingerprint density at radius 3 is 2.23 bits per heavy atom. The summed E-state index contributed by atoms with van der Waals surface area (Å²) in [6, 6.07) is 13.5. The fraction of sp³-hybridized carbons (Fsp3) is 0.485. The van der Waals surface area contributed by atoms with E-state index in [0.717, 1.165) is 11.1 Å². The summed E-state index contributed by atoms with van der Waals surface area (Å²) in [5.74, 6) is -1.39. The molecule has 5 amide bonds. The number of hydrogen-bond donors (Lipinski definition) is 5. The lowest BCUT2D eigenvalue weighted by Crippen LogP contribution is -2.59. The highest BCUT2D eigenvalue weighted by Crippen LogP contribution is 2.36. The first-order valence-corrected chi connectivity index (χ1v) is 15.2. The molecular formula is C33H43N5O6. The van der Waals surface area contributed by atoms with Gasteiger partial charge < -0.3 is 31.3 Å². The Morgan fingerprint density at radius 1 is 0.932 bits per heavy atom. The second kappa shape index (κ2) is 14.4. The number of nitrogens with one attached hydrogen (secondary N) is 5. The van der Waals surface area contributed by atoms with E-state index in [4.69, 9.17) is 4.74 Å². The van der Waals surface area contributed by atoms with E-state index in [1.54, 1.807) is 12.1 Å². The number of fused-ring (bicyclic) bond motifs is 15. The molecule has 5 N–H and O–H groups in total. The van der Waals surface area contributed by atoms with Gasteiger partial charge in [-0.1, -0.05) is 56.3 Å². The van der Waals surface area contributed by atoms with Gasteiger partial charge in [0.25, 0.3) is 0 Å². The molecule has 44 heavy (non-hydrogen) atoms. The number of hydrogen-bond acceptors (Lipinski definition) is 6. The number of benzene rings is 2. The average Bonchev–Trinajstić information content (AvgIpc) is 3.76. The number of carbonyl (C=O) groups excluding carboxylic acids is 5. The average molecular weight is 606 g/mol. The molecule has 4 atom stereocenters. The van der Waals surface area contributed by atoms with Crippen LogP contribution in [-0.4, -0.2) is 65.8 Å². The van der Waals surface area contributed by atoms with Crippen molar-refractivity contribution in [3.05, 3.63) is 65.7 Å². The predicted molar refractivity (Wildman–Crippen MR) is 164 cm³/mol. The summed E-state index contributed by atoms with van der Waals surface area (Å²) in [5, 5.41) is 14.1. The molecule has 5 rings (SSSR count). The lowest BCUT2D eigenvalue weighted by atomic mass is 10.0. The third kappa shape index (κ3) is 9.05. The van der Waals surface area contributed by atoms with Gasteiger partial charge in [0.05, 0.1) is 6.04 Å². The van der Waals surface area contributed by atoms with Crippen molar-refractivity contribution in [1.29, 1.82) is 0 Å². The zero-order valence-electron chi connectivity index (χ0n) is 25.8. The van der Waals surface area contributed by atoms with E-state index < -0.39 is 41.4 Å². The SMILES string of the molecule is CC(=O)N[C@H]1Cc2ccc(cc2)OC[C@H](CC(C)C)NC(=O)[C@@H](Cc2ccccc2)NC(=O)C2(CC2)NC(=O)[C@@H](C)NC1=O. The highest BCUT2D eigenvalue weighted by atomic mass is 16.5. The van der Waals surface area contributed by atoms with Crippen LogP contribution < -0.4 is 31.3 Å². The van der Waals surface area contributed by atoms with E-state index >= 15 is 0 Å². The van der Waals surface area contributed by atoms with Gasteiger partial charge in [-0.15, -0.1) is 0 Å². The molecule has 2 aliphatic heterocycles. The second-order valence-corrected chi connectivity index (χ2v) is 12.3. The van der Waals surface area contributed by atoms with Crippen molar-refractivity contribution in [3.8, 4) is 5.75 Å². The molecule has 2 heterocycles. The molecule has 2 aromatic rings. The van der Waals surface area contributed by atoms with Crippen molar-refractivity contribution in [2.45, 2.75) is 89.5 Å². The van der Waals surface area contributed by atoms with E-state index in [1.807, 2.05) is 42.5 Å². The summed E-state index contributed by atoms with van der Waals surface area (Å²) < 4.78 is 6.06. The summed E-state index contributed by atoms with van der Waals surface area (Å²) in [6.07, 6.45) is 1.91. The molecule has 1 saturated carbocycles. The monoisotopic (exact) mass is 605 g/mol. The van der Waals surface area contributed by atoms with E-state index in [-0.39, 0.29) is 43.2 Å². The summed E-state index contributed by atoms with van der Waals surface area (Å²) >= 11 is 0. The molecule has 0 radical (unpaired) electrons. The first-order valence-electron chi connectivity index (χ1n) is 15.2. The second-order valence-electron chi connectivity index (χ2n) is 12.3. The third-order valence-electron chi connectivity index (χ3n) is 7.81. The van der Waals surface area contributed by atoms with Crippen LogP contribution in [-0.2, 0) is 36.8 Å². The van der Waals surface area contributed by atoms with Gasteiger partial charge in [-0.3, -0.25) is 24.0 Å². The molecule has 1 spiro atoms. The standard InChI is InChI=1S/C33H43N5O6/c1-20(2)16-25-19-44-26-12-10-24(11-13-26)18-27(35-22(4)39)30(41)34-21(3)29(40)38-33(14-15-33)32(43)37-28(31(42)36-25)17-23-8-6-5-7-9-23/h5-13,20-21,25,27-28H,14-19H2,1-4H3,(H,34,41)(H,35,39)(H,36,42)(H,37,43)(H,38,40)/t21-,25+,27+,28-/m1/s1. The summed E-state index contributed by atoms with van der Waals surface area (Å²) in [7, 11) is 0. The van der Waals surface area contributed by atoms with Crippen LogP contribution in [0.25, 0.3) is 0 Å². The normalized spacial score (nSPS) is 24.4. The minimum Gasteiger partial charge on any atom is -0.491 e. The van der Waals surface area contributed by atoms with Gasteiger partial charge in [-0.05, 0) is 55.4 Å². The molecule has 0 saturated heterocycles. The van der Waals surface area contributed by atoms with Crippen LogP contribution >= 0.6 is 0 Å². The fourth-order valence-electron chi connectivity index (χ4n) is 5.26. The molecule has 236 valence electrons. The molecule has 3 aliphatic rings. The molecule has 2 aromatic carbocycles. The maximum absolute atomic E-state index is 13.7. The first-order chi connectivity index (χ1) is 20.9. The van der Waals surface area contributed by atoms with Gasteiger partial charge in [0.15, 0.2) is 0 Å². The van der Waals surface area contributed by atoms with Crippen molar-refractivity contribution in [1.82, 2.24) is 26.6 Å². The zero-order chi connectivity index (χ0) is 31.9. The maximum atomic E-state index is 13.7. The van der Waals surface area contributed by atoms with E-state index in [9.17, 15) is 24.0 Å². The quantitative estimate of drug-likeness (QED) is 0.326. The van der Waals surface area contributed by atoms with Gasteiger partial charge in [-0.25, -0.2) is 0 Å². The van der Waals surface area contributed by atoms with Crippen molar-refractivity contribution in [2.75, 3.05) is 6.61 Å². The Kier molecular flexibility index (Phi) is 10.6. The Bertz CT molecular complexity index is 1340. The third-order valence-corrected chi connectivity index (χ3v) is 7.81. The Hall–Kier alpha value is -4.41. The summed E-state index contributed by atoms with van der Waals surface area (Å²) in [6.45, 7) is 7.17. The van der Waals surface area contributed by atoms with Crippen LogP contribution in [0.2, 0.25) is 0 Å². The summed E-state index contributed by atoms with van der Waals surface area (Å²) in [4.78, 5) is 65.5.